The Morgan fingerprint density at radius 2 is 1.68 bits per heavy atom. The van der Waals surface area contributed by atoms with E-state index in [0.29, 0.717) is 25.1 Å². The molecule has 0 saturated heterocycles. The number of aryl methyl sites for hydroxylation is 1. The second kappa shape index (κ2) is 12.3. The van der Waals surface area contributed by atoms with Gasteiger partial charge in [-0.05, 0) is 68.5 Å². The summed E-state index contributed by atoms with van der Waals surface area (Å²) in [6.45, 7) is 7.73. The Balaban J connectivity index is 2.25. The molecular formula is C25H38N4O4S. The van der Waals surface area contributed by atoms with E-state index in [-0.39, 0.29) is 29.9 Å². The number of rotatable bonds is 12. The maximum absolute atomic E-state index is 13.4. The Bertz CT molecular complexity index is 1040. The molecule has 0 aromatic heterocycles. The number of nitrogens with two attached hydrogens (primary N) is 2. The normalized spacial score (nSPS) is 13.8. The van der Waals surface area contributed by atoms with Crippen molar-refractivity contribution in [3.8, 4) is 0 Å². The van der Waals surface area contributed by atoms with Crippen molar-refractivity contribution >= 4 is 27.3 Å². The summed E-state index contributed by atoms with van der Waals surface area (Å²) in [6.07, 6.45) is 0.871. The molecular weight excluding hydrogens is 452 g/mol. The van der Waals surface area contributed by atoms with Crippen LogP contribution in [0.4, 0.5) is 11.4 Å². The number of aliphatic hydroxyl groups is 1. The fourth-order valence-electron chi connectivity index (χ4n) is 3.85. The van der Waals surface area contributed by atoms with Crippen molar-refractivity contribution in [3.05, 3.63) is 54.1 Å². The quantitative estimate of drug-likeness (QED) is 0.392. The zero-order chi connectivity index (χ0) is 25.5. The van der Waals surface area contributed by atoms with Crippen LogP contribution < -0.4 is 16.4 Å². The molecule has 0 aliphatic heterocycles. The first kappa shape index (κ1) is 27.8. The van der Waals surface area contributed by atoms with Gasteiger partial charge in [0.25, 0.3) is 0 Å². The zero-order valence-corrected chi connectivity index (χ0v) is 21.3. The molecule has 0 bridgehead atoms. The number of nitrogen functional groups attached to an aromatic ring is 1. The Kier molecular flexibility index (Phi) is 10.1. The van der Waals surface area contributed by atoms with Gasteiger partial charge in [-0.2, -0.15) is 4.31 Å². The third-order valence-corrected chi connectivity index (χ3v) is 7.56. The number of para-hydroxylation sites is 1. The summed E-state index contributed by atoms with van der Waals surface area (Å²) in [5.41, 5.74) is 13.8. The van der Waals surface area contributed by atoms with Crippen molar-refractivity contribution in [3.63, 3.8) is 0 Å². The third kappa shape index (κ3) is 7.02. The molecule has 2 atom stereocenters. The molecule has 0 aliphatic carbocycles. The minimum absolute atomic E-state index is 0.0562. The number of hydrogen-bond donors (Lipinski definition) is 3. The second-order valence-electron chi connectivity index (χ2n) is 9.08. The maximum atomic E-state index is 13.4. The van der Waals surface area contributed by atoms with Crippen molar-refractivity contribution in [1.82, 2.24) is 4.31 Å². The van der Waals surface area contributed by atoms with E-state index in [9.17, 15) is 18.3 Å². The van der Waals surface area contributed by atoms with Gasteiger partial charge in [0, 0.05) is 30.5 Å². The minimum atomic E-state index is -3.85. The number of hydrogen-bond acceptors (Lipinski definition) is 6. The molecule has 188 valence electrons. The molecule has 34 heavy (non-hydrogen) atoms. The molecule has 1 amide bonds. The highest BCUT2D eigenvalue weighted by molar-refractivity contribution is 7.89. The summed E-state index contributed by atoms with van der Waals surface area (Å²) < 4.78 is 28.2. The molecule has 5 N–H and O–H groups in total. The zero-order valence-electron chi connectivity index (χ0n) is 20.5. The number of carbonyl (C=O) groups excluding carboxylic acids is 1. The van der Waals surface area contributed by atoms with Crippen molar-refractivity contribution < 1.29 is 18.3 Å². The van der Waals surface area contributed by atoms with Gasteiger partial charge < -0.3 is 21.5 Å². The Hall–Kier alpha value is -2.46. The summed E-state index contributed by atoms with van der Waals surface area (Å²) in [5, 5.41) is 10.2. The first-order valence-electron chi connectivity index (χ1n) is 11.6. The number of anilines is 2. The molecule has 0 heterocycles. The Morgan fingerprint density at radius 1 is 1.06 bits per heavy atom. The number of benzene rings is 2. The largest absolute Gasteiger partial charge is 0.399 e. The van der Waals surface area contributed by atoms with Gasteiger partial charge in [-0.15, -0.1) is 0 Å². The standard InChI is InChI=1S/C25H38N4O4S/c1-18(2)16-29(34(32,33)23-13-11-21(27)12-14-23)22(17-30)9-7-15-28(25(31)20(4)26)24-10-6-5-8-19(24)3/h5-6,8,10-14,18,20,22,30H,7,9,15-17,26-27H2,1-4H3/t20-,22-/m0/s1. The van der Waals surface area contributed by atoms with Gasteiger partial charge in [0.05, 0.1) is 17.5 Å². The van der Waals surface area contributed by atoms with Gasteiger partial charge in [0.1, 0.15) is 0 Å². The minimum Gasteiger partial charge on any atom is -0.399 e. The van der Waals surface area contributed by atoms with Gasteiger partial charge >= 0.3 is 0 Å². The molecule has 2 aromatic rings. The van der Waals surface area contributed by atoms with Crippen LogP contribution >= 0.6 is 0 Å². The van der Waals surface area contributed by atoms with Gasteiger partial charge in [-0.25, -0.2) is 8.42 Å². The lowest BCUT2D eigenvalue weighted by atomic mass is 10.1. The molecule has 0 spiro atoms. The molecule has 0 unspecified atom stereocenters. The van der Waals surface area contributed by atoms with Gasteiger partial charge in [-0.3, -0.25) is 4.79 Å². The highest BCUT2D eigenvalue weighted by Crippen LogP contribution is 2.25. The highest BCUT2D eigenvalue weighted by atomic mass is 32.2. The monoisotopic (exact) mass is 490 g/mol. The fourth-order valence-corrected chi connectivity index (χ4v) is 5.66. The van der Waals surface area contributed by atoms with E-state index >= 15 is 0 Å². The van der Waals surface area contributed by atoms with Crippen LogP contribution in [0.1, 0.15) is 39.2 Å². The lowest BCUT2D eigenvalue weighted by Gasteiger charge is -2.32. The maximum Gasteiger partial charge on any atom is 0.243 e. The van der Waals surface area contributed by atoms with E-state index in [1.54, 1.807) is 24.0 Å². The smallest absolute Gasteiger partial charge is 0.243 e. The molecule has 0 aliphatic rings. The summed E-state index contributed by atoms with van der Waals surface area (Å²) in [5.74, 6) is -0.149. The molecule has 2 rings (SSSR count). The van der Waals surface area contributed by atoms with Gasteiger partial charge in [0.2, 0.25) is 15.9 Å². The molecule has 0 radical (unpaired) electrons. The van der Waals surface area contributed by atoms with Crippen LogP contribution in [-0.2, 0) is 14.8 Å². The lowest BCUT2D eigenvalue weighted by molar-refractivity contribution is -0.119. The molecule has 8 nitrogen and oxygen atoms in total. The predicted octanol–water partition coefficient (Wildman–Crippen LogP) is 2.75. The Labute approximate surface area is 203 Å². The fraction of sp³-hybridized carbons (Fsp3) is 0.480. The Morgan fingerprint density at radius 3 is 2.21 bits per heavy atom. The summed E-state index contributed by atoms with van der Waals surface area (Å²) >= 11 is 0. The van der Waals surface area contributed by atoms with Crippen molar-refractivity contribution in [2.75, 3.05) is 30.3 Å². The third-order valence-electron chi connectivity index (χ3n) is 5.63. The van der Waals surface area contributed by atoms with Gasteiger partial charge in [0.15, 0.2) is 0 Å². The molecule has 0 saturated carbocycles. The first-order valence-corrected chi connectivity index (χ1v) is 13.0. The summed E-state index contributed by atoms with van der Waals surface area (Å²) in [6, 6.07) is 12.3. The van der Waals surface area contributed by atoms with E-state index in [4.69, 9.17) is 11.5 Å². The molecule has 2 aromatic carbocycles. The van der Waals surface area contributed by atoms with E-state index in [1.165, 1.54) is 16.4 Å². The average molecular weight is 491 g/mol. The molecule has 0 fully saturated rings. The van der Waals surface area contributed by atoms with Gasteiger partial charge in [-0.1, -0.05) is 32.0 Å². The van der Waals surface area contributed by atoms with Crippen LogP contribution in [-0.4, -0.2) is 55.5 Å². The van der Waals surface area contributed by atoms with E-state index < -0.39 is 22.1 Å². The van der Waals surface area contributed by atoms with Crippen molar-refractivity contribution in [2.24, 2.45) is 11.7 Å². The van der Waals surface area contributed by atoms with E-state index in [2.05, 4.69) is 0 Å². The topological polar surface area (TPSA) is 130 Å². The van der Waals surface area contributed by atoms with Crippen LogP contribution in [0.25, 0.3) is 0 Å². The number of carbonyl (C=O) groups is 1. The summed E-state index contributed by atoms with van der Waals surface area (Å²) in [7, 11) is -3.85. The lowest BCUT2D eigenvalue weighted by Crippen LogP contribution is -2.46. The summed E-state index contributed by atoms with van der Waals surface area (Å²) in [4.78, 5) is 14.6. The van der Waals surface area contributed by atoms with Crippen LogP contribution in [0, 0.1) is 12.8 Å². The van der Waals surface area contributed by atoms with Crippen LogP contribution in [0.3, 0.4) is 0 Å². The van der Waals surface area contributed by atoms with E-state index in [0.717, 1.165) is 11.3 Å². The van der Waals surface area contributed by atoms with Crippen LogP contribution in [0.15, 0.2) is 53.4 Å². The van der Waals surface area contributed by atoms with Crippen molar-refractivity contribution in [2.45, 2.75) is 57.5 Å². The number of nitrogens with zero attached hydrogens (tertiary/aromatic N) is 2. The van der Waals surface area contributed by atoms with Crippen LogP contribution in [0.2, 0.25) is 0 Å². The number of amides is 1. The highest BCUT2D eigenvalue weighted by Gasteiger charge is 2.32. The second-order valence-corrected chi connectivity index (χ2v) is 11.0. The number of aliphatic hydroxyl groups excluding tert-OH is 1. The average Bonchev–Trinajstić information content (AvgIpc) is 2.78. The van der Waals surface area contributed by atoms with Crippen molar-refractivity contribution in [1.29, 1.82) is 0 Å². The predicted molar refractivity (Wildman–Crippen MR) is 137 cm³/mol. The van der Waals surface area contributed by atoms with Crippen LogP contribution in [0.5, 0.6) is 0 Å². The van der Waals surface area contributed by atoms with E-state index in [1.807, 2.05) is 45.0 Å². The molecule has 9 heteroatoms. The number of sulfonamides is 1. The SMILES string of the molecule is Cc1ccccc1N(CCC[C@@H](CO)N(CC(C)C)S(=O)(=O)c1ccc(N)cc1)C(=O)[C@H](C)N. The first-order chi connectivity index (χ1) is 16.0.